The lowest BCUT2D eigenvalue weighted by molar-refractivity contribution is 0.387. The number of fused-ring (bicyclic) bond motifs is 8. The van der Waals surface area contributed by atoms with E-state index in [-0.39, 0.29) is 28.3 Å². The minimum absolute atomic E-state index is 0.0244. The number of allylic oxidation sites excluding steroid dienone is 8. The maximum Gasteiger partial charge on any atom is 0.126 e. The standard InChI is InChI=1S/C46H42N2S/c1-45(2)36-19-10-8-15-31(36)34-25-38-35(26-37(34)45)32-18-12-17-30(40(32)46(38,3)4)27-21-23-28(24-22-27)41-43-42(33-16-9-11-20-39(33)49-43)48-44(47-41)29-13-6-5-7-14-29/h5-16,18-26,30,34,37,42-44,48H,17H2,1-4H3. The Morgan fingerprint density at radius 3 is 2.31 bits per heavy atom. The van der Waals surface area contributed by atoms with Gasteiger partial charge in [-0.2, -0.15) is 0 Å². The molecule has 2 heterocycles. The number of hydrogen-bond acceptors (Lipinski definition) is 3. The number of aliphatic imine (C=N–C) groups is 1. The summed E-state index contributed by atoms with van der Waals surface area (Å²) in [5, 5.41) is 4.15. The van der Waals surface area contributed by atoms with Crippen molar-refractivity contribution in [3.05, 3.63) is 183 Å². The average Bonchev–Trinajstić information content (AvgIpc) is 3.71. The monoisotopic (exact) mass is 654 g/mol. The van der Waals surface area contributed by atoms with E-state index in [0.29, 0.717) is 17.8 Å². The van der Waals surface area contributed by atoms with Gasteiger partial charge >= 0.3 is 0 Å². The van der Waals surface area contributed by atoms with Gasteiger partial charge in [0.1, 0.15) is 6.17 Å². The van der Waals surface area contributed by atoms with Crippen LogP contribution in [0.15, 0.2) is 160 Å². The fourth-order valence-electron chi connectivity index (χ4n) is 10.1. The van der Waals surface area contributed by atoms with Gasteiger partial charge in [0, 0.05) is 22.1 Å². The average molecular weight is 655 g/mol. The van der Waals surface area contributed by atoms with Gasteiger partial charge in [-0.25, -0.2) is 0 Å². The molecule has 0 fully saturated rings. The summed E-state index contributed by atoms with van der Waals surface area (Å²) in [6, 6.07) is 38.5. The normalized spacial score (nSPS) is 29.5. The van der Waals surface area contributed by atoms with Crippen LogP contribution < -0.4 is 5.32 Å². The van der Waals surface area contributed by atoms with Crippen molar-refractivity contribution in [1.82, 2.24) is 5.32 Å². The lowest BCUT2D eigenvalue weighted by Crippen LogP contribution is -2.40. The van der Waals surface area contributed by atoms with Gasteiger partial charge in [-0.3, -0.25) is 10.3 Å². The number of hydrogen-bond donors (Lipinski definition) is 1. The molecule has 6 aliphatic rings. The smallest absolute Gasteiger partial charge is 0.126 e. The Morgan fingerprint density at radius 2 is 1.49 bits per heavy atom. The van der Waals surface area contributed by atoms with Crippen LogP contribution in [0.2, 0.25) is 0 Å². The van der Waals surface area contributed by atoms with Gasteiger partial charge < -0.3 is 0 Å². The summed E-state index contributed by atoms with van der Waals surface area (Å²) < 4.78 is 0. The molecule has 0 bridgehead atoms. The third-order valence-corrected chi connectivity index (χ3v) is 13.9. The summed E-state index contributed by atoms with van der Waals surface area (Å²) in [6.45, 7) is 9.85. The van der Waals surface area contributed by atoms with Crippen LogP contribution >= 0.6 is 11.8 Å². The first-order valence-electron chi connectivity index (χ1n) is 18.0. The van der Waals surface area contributed by atoms with Gasteiger partial charge in [0.15, 0.2) is 0 Å². The molecule has 2 aliphatic heterocycles. The van der Waals surface area contributed by atoms with Crippen LogP contribution in [-0.2, 0) is 5.41 Å². The minimum Gasteiger partial charge on any atom is -0.283 e. The SMILES string of the molecule is CC1(C)C2=CC3c4ccccc4C(C)(C)C3C=C2C2=C1C(c1ccc(C3=NC(c4ccccc4)NC4c5ccccc5SC34)cc1)CC=C2. The third-order valence-electron chi connectivity index (χ3n) is 12.6. The first kappa shape index (κ1) is 29.7. The molecule has 0 spiro atoms. The molecule has 0 saturated carbocycles. The van der Waals surface area contributed by atoms with Crippen molar-refractivity contribution >= 4 is 17.5 Å². The molecule has 6 atom stereocenters. The van der Waals surface area contributed by atoms with Crippen LogP contribution in [0.3, 0.4) is 0 Å². The molecule has 0 amide bonds. The molecule has 3 heteroatoms. The molecular formula is C46H42N2S. The predicted molar refractivity (Wildman–Crippen MR) is 203 cm³/mol. The van der Waals surface area contributed by atoms with E-state index >= 15 is 0 Å². The van der Waals surface area contributed by atoms with Crippen molar-refractivity contribution in [3.8, 4) is 0 Å². The van der Waals surface area contributed by atoms with Gasteiger partial charge in [-0.15, -0.1) is 11.8 Å². The number of thioether (sulfide) groups is 1. The summed E-state index contributed by atoms with van der Waals surface area (Å²) in [5.41, 5.74) is 15.7. The molecule has 1 N–H and O–H groups in total. The maximum atomic E-state index is 5.42. The number of benzene rings is 4. The van der Waals surface area contributed by atoms with Gasteiger partial charge in [-0.05, 0) is 79.5 Å². The van der Waals surface area contributed by atoms with Crippen molar-refractivity contribution in [2.75, 3.05) is 0 Å². The van der Waals surface area contributed by atoms with E-state index in [9.17, 15) is 0 Å². The zero-order chi connectivity index (χ0) is 33.1. The van der Waals surface area contributed by atoms with Crippen molar-refractivity contribution in [2.24, 2.45) is 16.3 Å². The summed E-state index contributed by atoms with van der Waals surface area (Å²) >= 11 is 1.96. The molecule has 242 valence electrons. The van der Waals surface area contributed by atoms with Gasteiger partial charge in [0.25, 0.3) is 0 Å². The molecule has 4 aromatic carbocycles. The minimum atomic E-state index is -0.0688. The quantitative estimate of drug-likeness (QED) is 0.238. The van der Waals surface area contributed by atoms with Gasteiger partial charge in [0.05, 0.1) is 17.0 Å². The van der Waals surface area contributed by atoms with Crippen molar-refractivity contribution in [2.45, 2.75) is 73.7 Å². The summed E-state index contributed by atoms with van der Waals surface area (Å²) in [4.78, 5) is 6.78. The highest BCUT2D eigenvalue weighted by molar-refractivity contribution is 8.01. The lowest BCUT2D eigenvalue weighted by atomic mass is 9.68. The first-order chi connectivity index (χ1) is 23.8. The summed E-state index contributed by atoms with van der Waals surface area (Å²) in [5.74, 6) is 1.29. The second kappa shape index (κ2) is 10.7. The fraction of sp³-hybridized carbons (Fsp3) is 0.283. The van der Waals surface area contributed by atoms with Crippen LogP contribution in [0.4, 0.5) is 0 Å². The van der Waals surface area contributed by atoms with Crippen molar-refractivity contribution < 1.29 is 0 Å². The van der Waals surface area contributed by atoms with Gasteiger partial charge in [0.2, 0.25) is 0 Å². The second-order valence-corrected chi connectivity index (χ2v) is 17.0. The Bertz CT molecular complexity index is 2180. The van der Waals surface area contributed by atoms with Crippen molar-refractivity contribution in [1.29, 1.82) is 0 Å². The zero-order valence-electron chi connectivity index (χ0n) is 28.7. The number of nitrogens with one attached hydrogen (secondary N) is 1. The van der Waals surface area contributed by atoms with Crippen LogP contribution in [-0.4, -0.2) is 11.0 Å². The first-order valence-corrected chi connectivity index (χ1v) is 18.9. The number of nitrogens with zero attached hydrogens (tertiary/aromatic N) is 1. The summed E-state index contributed by atoms with van der Waals surface area (Å²) in [7, 11) is 0. The van der Waals surface area contributed by atoms with E-state index < -0.39 is 0 Å². The van der Waals surface area contributed by atoms with Crippen LogP contribution in [0, 0.1) is 11.3 Å². The second-order valence-electron chi connectivity index (χ2n) is 15.8. The highest BCUT2D eigenvalue weighted by atomic mass is 32.2. The van der Waals surface area contributed by atoms with Gasteiger partial charge in [-0.1, -0.05) is 149 Å². The Morgan fingerprint density at radius 1 is 0.755 bits per heavy atom. The molecule has 0 saturated heterocycles. The zero-order valence-corrected chi connectivity index (χ0v) is 29.5. The third kappa shape index (κ3) is 4.28. The number of rotatable bonds is 3. The van der Waals surface area contributed by atoms with E-state index in [0.717, 1.165) is 6.42 Å². The van der Waals surface area contributed by atoms with Crippen LogP contribution in [0.1, 0.15) is 91.5 Å². The van der Waals surface area contributed by atoms with E-state index in [1.807, 2.05) is 11.8 Å². The molecule has 0 aromatic heterocycles. The van der Waals surface area contributed by atoms with Crippen molar-refractivity contribution in [3.63, 3.8) is 0 Å². The van der Waals surface area contributed by atoms with E-state index in [1.165, 1.54) is 60.7 Å². The van der Waals surface area contributed by atoms with E-state index in [1.54, 1.807) is 5.57 Å². The Balaban J connectivity index is 1.01. The molecule has 4 aliphatic carbocycles. The van der Waals surface area contributed by atoms with Crippen LogP contribution in [0.5, 0.6) is 0 Å². The highest BCUT2D eigenvalue weighted by Gasteiger charge is 2.51. The molecule has 4 aromatic rings. The fourth-order valence-corrected chi connectivity index (χ4v) is 11.6. The predicted octanol–water partition coefficient (Wildman–Crippen LogP) is 10.9. The molecule has 0 radical (unpaired) electrons. The van der Waals surface area contributed by atoms with E-state index in [4.69, 9.17) is 4.99 Å². The maximum absolute atomic E-state index is 5.42. The Labute approximate surface area is 294 Å². The van der Waals surface area contributed by atoms with Crippen LogP contribution in [0.25, 0.3) is 0 Å². The molecule has 6 unspecified atom stereocenters. The van der Waals surface area contributed by atoms with E-state index in [2.05, 4.69) is 160 Å². The molecule has 2 nitrogen and oxygen atoms in total. The largest absolute Gasteiger partial charge is 0.283 e. The Hall–Kier alpha value is -4.18. The highest BCUT2D eigenvalue weighted by Crippen LogP contribution is 2.63. The molecule has 49 heavy (non-hydrogen) atoms. The topological polar surface area (TPSA) is 24.4 Å². The molecule has 10 rings (SSSR count). The summed E-state index contributed by atoms with van der Waals surface area (Å²) in [6.07, 6.45) is 11.2. The molecular weight excluding hydrogens is 613 g/mol. The Kier molecular flexibility index (Phi) is 6.46. The lowest BCUT2D eigenvalue weighted by Gasteiger charge is -2.35.